The van der Waals surface area contributed by atoms with Crippen molar-refractivity contribution in [1.82, 2.24) is 0 Å². The van der Waals surface area contributed by atoms with E-state index >= 15 is 0 Å². The Morgan fingerprint density at radius 1 is 0.290 bits per heavy atom. The molecule has 0 saturated heterocycles. The molecule has 0 heterocycles. The molecule has 9 nitrogen and oxygen atoms in total. The first-order chi connectivity index (χ1) is 15.1. The van der Waals surface area contributed by atoms with E-state index in [1.54, 1.807) is 0 Å². The highest BCUT2D eigenvalue weighted by Crippen LogP contribution is 1.89. The SMILES string of the molecule is CC(C)OCCOCCOCCOCCOCCOCCOCCOCCOC(C)C. The lowest BCUT2D eigenvalue weighted by molar-refractivity contribution is -0.0282. The van der Waals surface area contributed by atoms with Gasteiger partial charge in [-0.1, -0.05) is 0 Å². The summed E-state index contributed by atoms with van der Waals surface area (Å²) in [5.74, 6) is 0. The molecule has 0 aromatic rings. The molecule has 0 radical (unpaired) electrons. The maximum Gasteiger partial charge on any atom is 0.0703 e. The Bertz CT molecular complexity index is 300. The second-order valence-corrected chi connectivity index (χ2v) is 7.13. The number of hydrogen-bond donors (Lipinski definition) is 0. The van der Waals surface area contributed by atoms with Gasteiger partial charge >= 0.3 is 0 Å². The predicted octanol–water partition coefficient (Wildman–Crippen LogP) is 1.95. The van der Waals surface area contributed by atoms with Gasteiger partial charge in [-0.3, -0.25) is 0 Å². The van der Waals surface area contributed by atoms with E-state index in [-0.39, 0.29) is 12.2 Å². The fourth-order valence-electron chi connectivity index (χ4n) is 2.11. The summed E-state index contributed by atoms with van der Waals surface area (Å²) >= 11 is 0. The summed E-state index contributed by atoms with van der Waals surface area (Å²) in [6.45, 7) is 17.0. The van der Waals surface area contributed by atoms with Crippen molar-refractivity contribution >= 4 is 0 Å². The first-order valence-corrected chi connectivity index (χ1v) is 11.4. The van der Waals surface area contributed by atoms with E-state index in [2.05, 4.69) is 0 Å². The predicted molar refractivity (Wildman–Crippen MR) is 118 cm³/mol. The van der Waals surface area contributed by atoms with Gasteiger partial charge in [0.2, 0.25) is 0 Å². The minimum absolute atomic E-state index is 0.240. The highest BCUT2D eigenvalue weighted by molar-refractivity contribution is 4.40. The van der Waals surface area contributed by atoms with Crippen LogP contribution in [-0.2, 0) is 42.6 Å². The van der Waals surface area contributed by atoms with E-state index in [0.29, 0.717) is 106 Å². The van der Waals surface area contributed by atoms with E-state index in [9.17, 15) is 0 Å². The van der Waals surface area contributed by atoms with E-state index in [4.69, 9.17) is 42.6 Å². The minimum atomic E-state index is 0.240. The molecule has 0 N–H and O–H groups in total. The Morgan fingerprint density at radius 2 is 0.452 bits per heavy atom. The van der Waals surface area contributed by atoms with Crippen LogP contribution in [-0.4, -0.2) is 118 Å². The van der Waals surface area contributed by atoms with Crippen molar-refractivity contribution in [3.63, 3.8) is 0 Å². The normalized spacial score (nSPS) is 11.8. The molecule has 0 aliphatic heterocycles. The average molecular weight is 455 g/mol. The zero-order valence-corrected chi connectivity index (χ0v) is 20.1. The fraction of sp³-hybridized carbons (Fsp3) is 1.00. The van der Waals surface area contributed by atoms with Gasteiger partial charge in [0.1, 0.15) is 0 Å². The van der Waals surface area contributed by atoms with Crippen LogP contribution in [0.5, 0.6) is 0 Å². The summed E-state index contributed by atoms with van der Waals surface area (Å²) in [5.41, 5.74) is 0. The van der Waals surface area contributed by atoms with Gasteiger partial charge in [-0.25, -0.2) is 0 Å². The second-order valence-electron chi connectivity index (χ2n) is 7.13. The second kappa shape index (κ2) is 25.9. The van der Waals surface area contributed by atoms with Gasteiger partial charge < -0.3 is 42.6 Å². The lowest BCUT2D eigenvalue weighted by Gasteiger charge is -2.09. The van der Waals surface area contributed by atoms with Crippen molar-refractivity contribution in [2.45, 2.75) is 39.9 Å². The van der Waals surface area contributed by atoms with Crippen molar-refractivity contribution in [3.8, 4) is 0 Å². The number of hydrogen-bond acceptors (Lipinski definition) is 9. The Labute approximate surface area is 188 Å². The van der Waals surface area contributed by atoms with Crippen LogP contribution in [0.1, 0.15) is 27.7 Å². The van der Waals surface area contributed by atoms with E-state index in [1.807, 2.05) is 27.7 Å². The summed E-state index contributed by atoms with van der Waals surface area (Å²) in [7, 11) is 0. The van der Waals surface area contributed by atoms with Gasteiger partial charge in [0.25, 0.3) is 0 Å². The fourth-order valence-corrected chi connectivity index (χ4v) is 2.11. The number of rotatable bonds is 26. The van der Waals surface area contributed by atoms with Crippen LogP contribution in [0.2, 0.25) is 0 Å². The van der Waals surface area contributed by atoms with Gasteiger partial charge in [0.05, 0.1) is 118 Å². The summed E-state index contributed by atoms with van der Waals surface area (Å²) in [4.78, 5) is 0. The molecular weight excluding hydrogens is 408 g/mol. The van der Waals surface area contributed by atoms with Crippen LogP contribution >= 0.6 is 0 Å². The van der Waals surface area contributed by atoms with Crippen molar-refractivity contribution in [2.75, 3.05) is 106 Å². The van der Waals surface area contributed by atoms with Crippen molar-refractivity contribution < 1.29 is 42.6 Å². The topological polar surface area (TPSA) is 83.1 Å². The molecule has 0 fully saturated rings. The standard InChI is InChI=1S/C22H46O9/c1-21(2)30-19-17-28-15-13-26-11-9-24-7-5-23-6-8-25-10-12-27-14-16-29-18-20-31-22(3)4/h21-22H,5-20H2,1-4H3. The Morgan fingerprint density at radius 3 is 0.613 bits per heavy atom. The maximum atomic E-state index is 5.44. The first-order valence-electron chi connectivity index (χ1n) is 11.4. The zero-order valence-electron chi connectivity index (χ0n) is 20.1. The highest BCUT2D eigenvalue weighted by atomic mass is 16.6. The van der Waals surface area contributed by atoms with Gasteiger partial charge in [-0.05, 0) is 27.7 Å². The smallest absolute Gasteiger partial charge is 0.0703 e. The van der Waals surface area contributed by atoms with Gasteiger partial charge in [0.15, 0.2) is 0 Å². The summed E-state index contributed by atoms with van der Waals surface area (Å²) in [6.07, 6.45) is 0.481. The molecule has 0 rings (SSSR count). The van der Waals surface area contributed by atoms with Gasteiger partial charge in [0, 0.05) is 0 Å². The van der Waals surface area contributed by atoms with Crippen LogP contribution in [0, 0.1) is 0 Å². The van der Waals surface area contributed by atoms with Crippen LogP contribution < -0.4 is 0 Å². The molecule has 0 bridgehead atoms. The Hall–Kier alpha value is -0.360. The summed E-state index contributed by atoms with van der Waals surface area (Å²) in [6, 6.07) is 0. The molecule has 0 aromatic carbocycles. The molecule has 0 atom stereocenters. The molecule has 0 aliphatic carbocycles. The quantitative estimate of drug-likeness (QED) is 0.182. The molecule has 9 heteroatoms. The van der Waals surface area contributed by atoms with Crippen LogP contribution in [0.15, 0.2) is 0 Å². The molecule has 0 amide bonds. The maximum absolute atomic E-state index is 5.44. The third kappa shape index (κ3) is 29.6. The van der Waals surface area contributed by atoms with Gasteiger partial charge in [-0.2, -0.15) is 0 Å². The Kier molecular flexibility index (Phi) is 25.6. The molecular formula is C22H46O9. The lowest BCUT2D eigenvalue weighted by atomic mass is 10.5. The third-order valence-electron chi connectivity index (χ3n) is 3.59. The van der Waals surface area contributed by atoms with Crippen molar-refractivity contribution in [1.29, 1.82) is 0 Å². The Balaban J connectivity index is 3.01. The average Bonchev–Trinajstić information content (AvgIpc) is 2.73. The van der Waals surface area contributed by atoms with Crippen LogP contribution in [0.3, 0.4) is 0 Å². The molecule has 0 aromatic heterocycles. The molecule has 31 heavy (non-hydrogen) atoms. The molecule has 0 aliphatic rings. The highest BCUT2D eigenvalue weighted by Gasteiger charge is 1.96. The van der Waals surface area contributed by atoms with E-state index in [0.717, 1.165) is 0 Å². The van der Waals surface area contributed by atoms with Crippen LogP contribution in [0.4, 0.5) is 0 Å². The largest absolute Gasteiger partial charge is 0.377 e. The minimum Gasteiger partial charge on any atom is -0.377 e. The van der Waals surface area contributed by atoms with E-state index < -0.39 is 0 Å². The van der Waals surface area contributed by atoms with Crippen molar-refractivity contribution in [3.05, 3.63) is 0 Å². The van der Waals surface area contributed by atoms with Crippen LogP contribution in [0.25, 0.3) is 0 Å². The molecule has 0 unspecified atom stereocenters. The van der Waals surface area contributed by atoms with E-state index in [1.165, 1.54) is 0 Å². The van der Waals surface area contributed by atoms with Crippen molar-refractivity contribution in [2.24, 2.45) is 0 Å². The summed E-state index contributed by atoms with van der Waals surface area (Å²) < 4.78 is 48.7. The number of ether oxygens (including phenoxy) is 9. The zero-order chi connectivity index (χ0) is 22.8. The molecule has 188 valence electrons. The van der Waals surface area contributed by atoms with Gasteiger partial charge in [-0.15, -0.1) is 0 Å². The monoisotopic (exact) mass is 454 g/mol. The lowest BCUT2D eigenvalue weighted by Crippen LogP contribution is -2.15. The molecule has 0 saturated carbocycles. The molecule has 0 spiro atoms. The third-order valence-corrected chi connectivity index (χ3v) is 3.59. The summed E-state index contributed by atoms with van der Waals surface area (Å²) in [5, 5.41) is 0. The first kappa shape index (κ1) is 30.6.